The standard InChI is InChI=1S/C25H33N3O4S/c1-19(29)21-11-13-23(14-12-21)33(31,32)27-17-20-7-9-22(10-8-20)24(30)26-18-25(2,3)28-15-5-4-6-16-28/h7-14,27H,4-6,15-18H2,1-3H3,(H,26,30). The third-order valence-corrected chi connectivity index (χ3v) is 7.56. The van der Waals surface area contributed by atoms with Gasteiger partial charge in [0.1, 0.15) is 0 Å². The highest BCUT2D eigenvalue weighted by molar-refractivity contribution is 7.89. The Bertz CT molecular complexity index is 1070. The number of ketones is 1. The fourth-order valence-corrected chi connectivity index (χ4v) is 4.93. The number of Topliss-reactive ketones (excluding diaryl/α,β-unsaturated/α-hetero) is 1. The van der Waals surface area contributed by atoms with E-state index in [2.05, 4.69) is 28.8 Å². The molecular weight excluding hydrogens is 438 g/mol. The van der Waals surface area contributed by atoms with Crippen LogP contribution in [0.4, 0.5) is 0 Å². The number of benzene rings is 2. The van der Waals surface area contributed by atoms with E-state index in [1.54, 1.807) is 24.3 Å². The molecule has 1 aliphatic heterocycles. The molecule has 1 aliphatic rings. The van der Waals surface area contributed by atoms with Crippen LogP contribution in [-0.2, 0) is 16.6 Å². The average Bonchev–Trinajstić information content (AvgIpc) is 2.82. The first-order chi connectivity index (χ1) is 15.6. The number of carbonyl (C=O) groups is 2. The van der Waals surface area contributed by atoms with E-state index in [9.17, 15) is 18.0 Å². The van der Waals surface area contributed by atoms with E-state index < -0.39 is 10.0 Å². The van der Waals surface area contributed by atoms with Crippen molar-refractivity contribution in [1.29, 1.82) is 0 Å². The Morgan fingerprint density at radius 1 is 0.909 bits per heavy atom. The normalized spacial score (nSPS) is 15.2. The summed E-state index contributed by atoms with van der Waals surface area (Å²) in [6.45, 7) is 8.53. The molecule has 8 heteroatoms. The third-order valence-electron chi connectivity index (χ3n) is 6.15. The number of piperidine rings is 1. The fourth-order valence-electron chi connectivity index (χ4n) is 3.91. The first-order valence-corrected chi connectivity index (χ1v) is 12.8. The molecule has 0 aromatic heterocycles. The van der Waals surface area contributed by atoms with E-state index in [4.69, 9.17) is 0 Å². The van der Waals surface area contributed by atoms with Gasteiger partial charge < -0.3 is 5.32 Å². The van der Waals surface area contributed by atoms with Crippen LogP contribution in [0.15, 0.2) is 53.4 Å². The van der Waals surface area contributed by atoms with Crippen molar-refractivity contribution in [3.05, 3.63) is 65.2 Å². The molecule has 0 bridgehead atoms. The van der Waals surface area contributed by atoms with Crippen LogP contribution in [0.25, 0.3) is 0 Å². The molecule has 3 rings (SSSR count). The third kappa shape index (κ3) is 6.72. The predicted molar refractivity (Wildman–Crippen MR) is 129 cm³/mol. The highest BCUT2D eigenvalue weighted by Gasteiger charge is 2.28. The first kappa shape index (κ1) is 25.1. The van der Waals surface area contributed by atoms with Gasteiger partial charge >= 0.3 is 0 Å². The van der Waals surface area contributed by atoms with Crippen LogP contribution in [0.2, 0.25) is 0 Å². The maximum absolute atomic E-state index is 12.6. The van der Waals surface area contributed by atoms with Crippen LogP contribution in [-0.4, -0.2) is 50.2 Å². The van der Waals surface area contributed by atoms with Crippen LogP contribution in [0.1, 0.15) is 66.3 Å². The number of amides is 1. The van der Waals surface area contributed by atoms with E-state index in [0.29, 0.717) is 17.7 Å². The lowest BCUT2D eigenvalue weighted by Gasteiger charge is -2.41. The average molecular weight is 472 g/mol. The fraction of sp³-hybridized carbons (Fsp3) is 0.440. The Morgan fingerprint density at radius 2 is 1.48 bits per heavy atom. The highest BCUT2D eigenvalue weighted by atomic mass is 32.2. The zero-order chi connectivity index (χ0) is 24.1. The summed E-state index contributed by atoms with van der Waals surface area (Å²) in [6.07, 6.45) is 3.67. The van der Waals surface area contributed by atoms with Crippen LogP contribution in [0.5, 0.6) is 0 Å². The first-order valence-electron chi connectivity index (χ1n) is 11.3. The second-order valence-electron chi connectivity index (χ2n) is 9.14. The smallest absolute Gasteiger partial charge is 0.251 e. The van der Waals surface area contributed by atoms with Gasteiger partial charge in [0, 0.05) is 29.8 Å². The number of likely N-dealkylation sites (tertiary alicyclic amines) is 1. The summed E-state index contributed by atoms with van der Waals surface area (Å²) in [5.74, 6) is -0.260. The summed E-state index contributed by atoms with van der Waals surface area (Å²) in [4.78, 5) is 26.5. The van der Waals surface area contributed by atoms with Crippen molar-refractivity contribution in [2.75, 3.05) is 19.6 Å². The molecule has 1 heterocycles. The zero-order valence-electron chi connectivity index (χ0n) is 19.6. The number of nitrogens with one attached hydrogen (secondary N) is 2. The van der Waals surface area contributed by atoms with E-state index in [1.165, 1.54) is 50.5 Å². The second kappa shape index (κ2) is 10.6. The monoisotopic (exact) mass is 471 g/mol. The number of hydrogen-bond donors (Lipinski definition) is 2. The van der Waals surface area contributed by atoms with Crippen LogP contribution in [0, 0.1) is 0 Å². The van der Waals surface area contributed by atoms with Gasteiger partial charge in [-0.25, -0.2) is 13.1 Å². The zero-order valence-corrected chi connectivity index (χ0v) is 20.4. The van der Waals surface area contributed by atoms with Crippen molar-refractivity contribution in [3.8, 4) is 0 Å². The van der Waals surface area contributed by atoms with Gasteiger partial charge in [0.05, 0.1) is 4.90 Å². The second-order valence-corrected chi connectivity index (χ2v) is 10.9. The molecule has 0 radical (unpaired) electrons. The van der Waals surface area contributed by atoms with Gasteiger partial charge in [-0.05, 0) is 76.5 Å². The number of carbonyl (C=O) groups excluding carboxylic acids is 2. The Hall–Kier alpha value is -2.55. The molecule has 2 aromatic carbocycles. The summed E-state index contributed by atoms with van der Waals surface area (Å²) < 4.78 is 27.6. The van der Waals surface area contributed by atoms with Gasteiger partial charge in [-0.2, -0.15) is 0 Å². The van der Waals surface area contributed by atoms with Gasteiger partial charge in [0.2, 0.25) is 10.0 Å². The summed E-state index contributed by atoms with van der Waals surface area (Å²) in [7, 11) is -3.71. The molecule has 1 fully saturated rings. The molecule has 1 amide bonds. The van der Waals surface area contributed by atoms with Crippen molar-refractivity contribution in [3.63, 3.8) is 0 Å². The Balaban J connectivity index is 1.54. The minimum Gasteiger partial charge on any atom is -0.350 e. The Labute approximate surface area is 196 Å². The quantitative estimate of drug-likeness (QED) is 0.547. The van der Waals surface area contributed by atoms with E-state index >= 15 is 0 Å². The van der Waals surface area contributed by atoms with Crippen LogP contribution < -0.4 is 10.0 Å². The van der Waals surface area contributed by atoms with Crippen molar-refractivity contribution < 1.29 is 18.0 Å². The molecule has 178 valence electrons. The molecule has 0 saturated carbocycles. The molecule has 2 aromatic rings. The maximum atomic E-state index is 12.6. The highest BCUT2D eigenvalue weighted by Crippen LogP contribution is 2.20. The molecular formula is C25H33N3O4S. The lowest BCUT2D eigenvalue weighted by atomic mass is 9.98. The van der Waals surface area contributed by atoms with Crippen LogP contribution in [0.3, 0.4) is 0 Å². The van der Waals surface area contributed by atoms with Crippen LogP contribution >= 0.6 is 0 Å². The Kier molecular flexibility index (Phi) is 8.05. The lowest BCUT2D eigenvalue weighted by molar-refractivity contribution is 0.0797. The Morgan fingerprint density at radius 3 is 2.06 bits per heavy atom. The van der Waals surface area contributed by atoms with E-state index in [0.717, 1.165) is 18.7 Å². The summed E-state index contributed by atoms with van der Waals surface area (Å²) in [6, 6.07) is 12.7. The van der Waals surface area contributed by atoms with Gasteiger partial charge in [-0.3, -0.25) is 14.5 Å². The summed E-state index contributed by atoms with van der Waals surface area (Å²) >= 11 is 0. The van der Waals surface area contributed by atoms with Crippen molar-refractivity contribution in [2.24, 2.45) is 0 Å². The number of hydrogen-bond acceptors (Lipinski definition) is 5. The van der Waals surface area contributed by atoms with Gasteiger partial charge in [-0.15, -0.1) is 0 Å². The molecule has 1 saturated heterocycles. The molecule has 7 nitrogen and oxygen atoms in total. The molecule has 33 heavy (non-hydrogen) atoms. The predicted octanol–water partition coefficient (Wildman–Crippen LogP) is 3.36. The van der Waals surface area contributed by atoms with Crippen molar-refractivity contribution in [1.82, 2.24) is 14.9 Å². The maximum Gasteiger partial charge on any atom is 0.251 e. The van der Waals surface area contributed by atoms with Gasteiger partial charge in [0.25, 0.3) is 5.91 Å². The molecule has 0 atom stereocenters. The van der Waals surface area contributed by atoms with E-state index in [1.807, 2.05) is 0 Å². The topological polar surface area (TPSA) is 95.6 Å². The SMILES string of the molecule is CC(=O)c1ccc(S(=O)(=O)NCc2ccc(C(=O)NCC(C)(C)N3CCCCC3)cc2)cc1. The molecule has 0 aliphatic carbocycles. The van der Waals surface area contributed by atoms with E-state index in [-0.39, 0.29) is 28.7 Å². The van der Waals surface area contributed by atoms with Crippen molar-refractivity contribution in [2.45, 2.75) is 57.0 Å². The molecule has 0 unspecified atom stereocenters. The summed E-state index contributed by atoms with van der Waals surface area (Å²) in [5.41, 5.74) is 1.64. The minimum atomic E-state index is -3.71. The van der Waals surface area contributed by atoms with Gasteiger partial charge in [0.15, 0.2) is 5.78 Å². The largest absolute Gasteiger partial charge is 0.350 e. The van der Waals surface area contributed by atoms with Crippen molar-refractivity contribution >= 4 is 21.7 Å². The lowest BCUT2D eigenvalue weighted by Crippen LogP contribution is -2.53. The summed E-state index contributed by atoms with van der Waals surface area (Å²) in [5, 5.41) is 3.03. The number of nitrogens with zero attached hydrogens (tertiary/aromatic N) is 1. The van der Waals surface area contributed by atoms with Gasteiger partial charge in [-0.1, -0.05) is 30.7 Å². The molecule has 0 spiro atoms. The molecule has 2 N–H and O–H groups in total. The number of rotatable bonds is 9. The minimum absolute atomic E-state index is 0.0971. The number of sulfonamides is 1.